The third kappa shape index (κ3) is 70.0. The van der Waals surface area contributed by atoms with Crippen LogP contribution >= 0.6 is 0 Å². The topological polar surface area (TPSA) is 72.8 Å². The van der Waals surface area contributed by atoms with E-state index in [1.807, 2.05) is 0 Å². The molecule has 5 heteroatoms. The number of hydrogen-bond acceptors (Lipinski definition) is 5. The lowest BCUT2D eigenvalue weighted by Gasteiger charge is -2.15. The predicted molar refractivity (Wildman–Crippen MR) is 370 cm³/mol. The molecule has 0 spiro atoms. The Morgan fingerprint density at radius 2 is 0.476 bits per heavy atom. The number of carbonyl (C=O) groups excluding carboxylic acids is 2. The maximum Gasteiger partial charge on any atom is 0.306 e. The van der Waals surface area contributed by atoms with E-state index in [9.17, 15) is 14.7 Å². The van der Waals surface area contributed by atoms with Gasteiger partial charge in [-0.3, -0.25) is 9.59 Å². The fourth-order valence-electron chi connectivity index (χ4n) is 9.66. The molecule has 1 atom stereocenters. The lowest BCUT2D eigenvalue weighted by Crippen LogP contribution is -2.28. The van der Waals surface area contributed by atoms with Crippen molar-refractivity contribution in [3.63, 3.8) is 0 Å². The summed E-state index contributed by atoms with van der Waals surface area (Å²) in [5, 5.41) is 9.71. The van der Waals surface area contributed by atoms with Gasteiger partial charge in [-0.25, -0.2) is 0 Å². The minimum absolute atomic E-state index is 0.0737. The van der Waals surface area contributed by atoms with Crippen molar-refractivity contribution in [1.82, 2.24) is 0 Å². The highest BCUT2D eigenvalue weighted by Crippen LogP contribution is 2.17. The number of unbranched alkanes of at least 4 members (excludes halogenated alkanes) is 29. The van der Waals surface area contributed by atoms with Crippen LogP contribution in [-0.4, -0.2) is 36.4 Å². The summed E-state index contributed by atoms with van der Waals surface area (Å²) in [4.78, 5) is 24.7. The van der Waals surface area contributed by atoms with E-state index in [2.05, 4.69) is 172 Å². The summed E-state index contributed by atoms with van der Waals surface area (Å²) in [7, 11) is 0. The number of ether oxygens (including phenoxy) is 2. The molecule has 1 N–H and O–H groups in total. The molecule has 0 radical (unpaired) electrons. The molecule has 0 saturated heterocycles. The highest BCUT2D eigenvalue weighted by molar-refractivity contribution is 5.70. The molecule has 0 aliphatic carbocycles. The van der Waals surface area contributed by atoms with Gasteiger partial charge in [0, 0.05) is 12.8 Å². The SMILES string of the molecule is CC/C=C\C/C=C\C/C=C\C/C=C\C/C=C\C/C=C\C/C=C\C/C=C\C/C=C\CCCCCCCCCCCC(=O)OC(CO)COC(=O)CCCCCCCCCCCCCCCCCCCCCC/C=C\C/C=C\C/C=C\C/C=C\CC. The largest absolute Gasteiger partial charge is 0.462 e. The smallest absolute Gasteiger partial charge is 0.306 e. The summed E-state index contributed by atoms with van der Waals surface area (Å²) in [6.45, 7) is 3.93. The Bertz CT molecular complexity index is 1790. The third-order valence-corrected chi connectivity index (χ3v) is 14.8. The van der Waals surface area contributed by atoms with Crippen molar-refractivity contribution in [2.24, 2.45) is 0 Å². The van der Waals surface area contributed by atoms with E-state index >= 15 is 0 Å². The molecule has 476 valence electrons. The zero-order chi connectivity index (χ0) is 60.5. The van der Waals surface area contributed by atoms with E-state index in [1.165, 1.54) is 154 Å². The molecular weight excluding hydrogens is 1030 g/mol. The molecule has 5 nitrogen and oxygen atoms in total. The Morgan fingerprint density at radius 3 is 0.714 bits per heavy atom. The quantitative estimate of drug-likeness (QED) is 0.0373. The maximum atomic E-state index is 12.4. The second-order valence-corrected chi connectivity index (χ2v) is 22.8. The molecule has 1 unspecified atom stereocenters. The fraction of sp³-hybridized carbons (Fsp3) is 0.646. The van der Waals surface area contributed by atoms with Crippen LogP contribution in [0.3, 0.4) is 0 Å². The van der Waals surface area contributed by atoms with Crippen LogP contribution < -0.4 is 0 Å². The normalized spacial score (nSPS) is 13.2. The van der Waals surface area contributed by atoms with Gasteiger partial charge in [-0.2, -0.15) is 0 Å². The molecule has 0 saturated carbocycles. The summed E-state index contributed by atoms with van der Waals surface area (Å²) >= 11 is 0. The predicted octanol–water partition coefficient (Wildman–Crippen LogP) is 24.6. The number of carbonyl (C=O) groups is 2. The van der Waals surface area contributed by atoms with Crippen LogP contribution in [0.2, 0.25) is 0 Å². The zero-order valence-corrected chi connectivity index (χ0v) is 54.6. The second-order valence-electron chi connectivity index (χ2n) is 22.8. The maximum absolute atomic E-state index is 12.4. The van der Waals surface area contributed by atoms with Crippen LogP contribution in [0.25, 0.3) is 0 Å². The van der Waals surface area contributed by atoms with Crippen LogP contribution in [-0.2, 0) is 19.1 Å². The Labute approximate surface area is 520 Å². The molecule has 84 heavy (non-hydrogen) atoms. The first kappa shape index (κ1) is 79.5. The molecule has 0 fully saturated rings. The molecule has 0 aromatic rings. The Morgan fingerprint density at radius 1 is 0.274 bits per heavy atom. The molecule has 0 aliphatic heterocycles. The van der Waals surface area contributed by atoms with Gasteiger partial charge in [-0.1, -0.05) is 332 Å². The van der Waals surface area contributed by atoms with Crippen molar-refractivity contribution in [2.45, 2.75) is 315 Å². The average Bonchev–Trinajstić information content (AvgIpc) is 3.51. The molecule has 0 rings (SSSR count). The lowest BCUT2D eigenvalue weighted by molar-refractivity contribution is -0.161. The monoisotopic (exact) mass is 1160 g/mol. The van der Waals surface area contributed by atoms with Crippen molar-refractivity contribution in [1.29, 1.82) is 0 Å². The molecule has 0 heterocycles. The van der Waals surface area contributed by atoms with E-state index in [0.29, 0.717) is 12.8 Å². The second kappa shape index (κ2) is 72.8. The van der Waals surface area contributed by atoms with E-state index in [0.717, 1.165) is 128 Å². The molecule has 0 aromatic heterocycles. The van der Waals surface area contributed by atoms with Gasteiger partial charge in [0.2, 0.25) is 0 Å². The van der Waals surface area contributed by atoms with Gasteiger partial charge >= 0.3 is 11.9 Å². The van der Waals surface area contributed by atoms with Gasteiger partial charge in [0.1, 0.15) is 6.61 Å². The number of hydrogen-bond donors (Lipinski definition) is 1. The first-order chi connectivity index (χ1) is 41.6. The molecule has 0 amide bonds. The number of aliphatic hydroxyl groups is 1. The summed E-state index contributed by atoms with van der Waals surface area (Å²) in [6, 6.07) is 0. The van der Waals surface area contributed by atoms with Crippen molar-refractivity contribution >= 4 is 11.9 Å². The van der Waals surface area contributed by atoms with Gasteiger partial charge in [0.05, 0.1) is 6.61 Å². The van der Waals surface area contributed by atoms with E-state index in [-0.39, 0.29) is 25.2 Å². The van der Waals surface area contributed by atoms with Crippen molar-refractivity contribution in [3.8, 4) is 0 Å². The van der Waals surface area contributed by atoms with Gasteiger partial charge in [-0.15, -0.1) is 0 Å². The lowest BCUT2D eigenvalue weighted by atomic mass is 10.0. The average molecular weight is 1160 g/mol. The van der Waals surface area contributed by atoms with E-state index in [1.54, 1.807) is 0 Å². The number of rotatable bonds is 63. The molecule has 0 bridgehead atoms. The standard InChI is InChI=1S/C79H130O5/c1-3-5-7-9-11-13-15-17-19-21-23-25-27-29-31-33-35-37-38-39-40-42-44-46-48-50-52-54-56-58-60-62-64-66-68-70-72-74-79(82)84-77(75-80)76-83-78(81)73-71-69-67-65-63-61-59-57-55-53-51-49-47-45-43-41-36-34-32-30-28-26-24-22-20-18-16-14-12-10-8-6-4-2/h5-8,11-14,17-20,23-26,29,31,35,37,39-40,44,46,50,52,77,80H,3-4,9-10,15-16,21-22,27-28,30,32-34,36,38,41-43,45,47-49,51,53-76H2,1-2H3/b7-5-,8-6-,13-11-,14-12-,19-17-,20-18-,25-23-,26-24-,31-29-,37-35-,40-39-,46-44-,52-50-. The van der Waals surface area contributed by atoms with Crippen LogP contribution in [0.1, 0.15) is 309 Å². The number of esters is 2. The van der Waals surface area contributed by atoms with E-state index < -0.39 is 6.10 Å². The Kier molecular flexibility index (Phi) is 68.9. The molecule has 0 aliphatic rings. The minimum atomic E-state index is -0.786. The van der Waals surface area contributed by atoms with E-state index in [4.69, 9.17) is 9.47 Å². The highest BCUT2D eigenvalue weighted by atomic mass is 16.6. The summed E-state index contributed by atoms with van der Waals surface area (Å²) in [6.07, 6.45) is 111. The molecule has 0 aromatic carbocycles. The van der Waals surface area contributed by atoms with Gasteiger partial charge in [0.15, 0.2) is 6.10 Å². The van der Waals surface area contributed by atoms with Gasteiger partial charge < -0.3 is 14.6 Å². The van der Waals surface area contributed by atoms with Crippen molar-refractivity contribution < 1.29 is 24.2 Å². The van der Waals surface area contributed by atoms with Crippen molar-refractivity contribution in [3.05, 3.63) is 158 Å². The van der Waals surface area contributed by atoms with Crippen LogP contribution in [0.5, 0.6) is 0 Å². The Balaban J connectivity index is 3.52. The van der Waals surface area contributed by atoms with Crippen molar-refractivity contribution in [2.75, 3.05) is 13.2 Å². The Hall–Kier alpha value is -4.48. The summed E-state index contributed by atoms with van der Waals surface area (Å²) in [5.74, 6) is -0.595. The minimum Gasteiger partial charge on any atom is -0.462 e. The first-order valence-electron chi connectivity index (χ1n) is 35.0. The first-order valence-corrected chi connectivity index (χ1v) is 35.0. The fourth-order valence-corrected chi connectivity index (χ4v) is 9.66. The van der Waals surface area contributed by atoms with Crippen LogP contribution in [0.15, 0.2) is 158 Å². The molecular formula is C79H130O5. The number of allylic oxidation sites excluding steroid dienone is 26. The number of aliphatic hydroxyl groups excluding tert-OH is 1. The van der Waals surface area contributed by atoms with Gasteiger partial charge in [-0.05, 0) is 122 Å². The summed E-state index contributed by atoms with van der Waals surface area (Å²) < 4.78 is 10.8. The zero-order valence-electron chi connectivity index (χ0n) is 54.6. The van der Waals surface area contributed by atoms with Crippen LogP contribution in [0.4, 0.5) is 0 Å². The highest BCUT2D eigenvalue weighted by Gasteiger charge is 2.16. The van der Waals surface area contributed by atoms with Crippen LogP contribution in [0, 0.1) is 0 Å². The third-order valence-electron chi connectivity index (χ3n) is 14.8. The summed E-state index contributed by atoms with van der Waals surface area (Å²) in [5.41, 5.74) is 0. The van der Waals surface area contributed by atoms with Gasteiger partial charge in [0.25, 0.3) is 0 Å².